The molecule has 0 unspecified atom stereocenters. The number of nitrogens with one attached hydrogen (secondary N) is 4. The lowest BCUT2D eigenvalue weighted by Gasteiger charge is -2.15. The summed E-state index contributed by atoms with van der Waals surface area (Å²) in [5.41, 5.74) is 5.20. The lowest BCUT2D eigenvalue weighted by Crippen LogP contribution is -2.24. The molecule has 5 rings (SSSR count). The van der Waals surface area contributed by atoms with E-state index in [-0.39, 0.29) is 17.3 Å². The predicted molar refractivity (Wildman–Crippen MR) is 159 cm³/mol. The highest BCUT2D eigenvalue weighted by Crippen LogP contribution is 2.28. The van der Waals surface area contributed by atoms with Gasteiger partial charge in [-0.05, 0) is 71.6 Å². The Morgan fingerprint density at radius 3 is 2.35 bits per heavy atom. The summed E-state index contributed by atoms with van der Waals surface area (Å²) in [7, 11) is 0. The van der Waals surface area contributed by atoms with Crippen molar-refractivity contribution in [3.8, 4) is 16.9 Å². The number of phenols is 1. The van der Waals surface area contributed by atoms with Gasteiger partial charge in [0.25, 0.3) is 0 Å². The number of carbonyl (C=O) groups excluding carboxylic acids is 1. The monoisotopic (exact) mass is 534 g/mol. The average molecular weight is 535 g/mol. The van der Waals surface area contributed by atoms with Crippen LogP contribution < -0.4 is 21.5 Å². The summed E-state index contributed by atoms with van der Waals surface area (Å²) >= 11 is 0. The minimum Gasteiger partial charge on any atom is -0.506 e. The second-order valence-electron chi connectivity index (χ2n) is 9.48. The summed E-state index contributed by atoms with van der Waals surface area (Å²) in [6.07, 6.45) is -0.137. The predicted octanol–water partition coefficient (Wildman–Crippen LogP) is 5.41. The molecular weight excluding hydrogens is 504 g/mol. The van der Waals surface area contributed by atoms with Gasteiger partial charge in [-0.15, -0.1) is 0 Å². The maximum atomic E-state index is 12.6. The molecule has 0 radical (unpaired) electrons. The van der Waals surface area contributed by atoms with Crippen LogP contribution in [0.5, 0.6) is 5.75 Å². The molecule has 8 heteroatoms. The second-order valence-corrected chi connectivity index (χ2v) is 9.48. The molecule has 4 aromatic carbocycles. The standard InChI is InChI=1S/C32H30N4O4/c37-28-15-13-26(27-14-16-30(39)36-31(27)28)29(38)20-33-18-17-21-5-4-8-25(19-21)35-32(40)34-24-11-9-23(10-12-24)22-6-2-1-3-7-22/h1-16,19,29,33,37-38H,17-18,20H2,(H,36,39)(H2,34,35,40)/t29-/m1/s1. The van der Waals surface area contributed by atoms with Crippen molar-refractivity contribution in [3.05, 3.63) is 125 Å². The van der Waals surface area contributed by atoms with E-state index in [1.165, 1.54) is 12.1 Å². The summed E-state index contributed by atoms with van der Waals surface area (Å²) in [6, 6.07) is 31.1. The number of fused-ring (bicyclic) bond motifs is 1. The topological polar surface area (TPSA) is 126 Å². The van der Waals surface area contributed by atoms with Gasteiger partial charge in [0, 0.05) is 29.4 Å². The van der Waals surface area contributed by atoms with Crippen molar-refractivity contribution in [2.24, 2.45) is 0 Å². The lowest BCUT2D eigenvalue weighted by atomic mass is 10.0. The second kappa shape index (κ2) is 12.3. The number of urea groups is 1. The van der Waals surface area contributed by atoms with E-state index in [0.717, 1.165) is 16.7 Å². The smallest absolute Gasteiger partial charge is 0.323 e. The molecule has 8 nitrogen and oxygen atoms in total. The Labute approximate surface area is 231 Å². The van der Waals surface area contributed by atoms with Gasteiger partial charge < -0.3 is 31.1 Å². The molecule has 0 bridgehead atoms. The van der Waals surface area contributed by atoms with Crippen molar-refractivity contribution in [2.75, 3.05) is 23.7 Å². The number of aromatic hydroxyl groups is 1. The van der Waals surface area contributed by atoms with Crippen molar-refractivity contribution >= 4 is 28.3 Å². The quantitative estimate of drug-likeness (QED) is 0.141. The number of aliphatic hydroxyl groups is 1. The Kier molecular flexibility index (Phi) is 8.20. The van der Waals surface area contributed by atoms with Crippen LogP contribution in [-0.2, 0) is 6.42 Å². The Morgan fingerprint density at radius 1 is 0.800 bits per heavy atom. The van der Waals surface area contributed by atoms with Crippen LogP contribution in [0.4, 0.5) is 16.2 Å². The first kappa shape index (κ1) is 26.7. The van der Waals surface area contributed by atoms with Crippen LogP contribution >= 0.6 is 0 Å². The minimum atomic E-state index is -0.826. The van der Waals surface area contributed by atoms with E-state index in [1.807, 2.05) is 78.9 Å². The lowest BCUT2D eigenvalue weighted by molar-refractivity contribution is 0.176. The third-order valence-corrected chi connectivity index (χ3v) is 6.63. The van der Waals surface area contributed by atoms with E-state index in [9.17, 15) is 19.8 Å². The summed E-state index contributed by atoms with van der Waals surface area (Å²) in [6.45, 7) is 0.899. The molecule has 6 N–H and O–H groups in total. The van der Waals surface area contributed by atoms with Crippen LogP contribution in [0.3, 0.4) is 0 Å². The molecule has 1 aromatic heterocycles. The summed E-state index contributed by atoms with van der Waals surface area (Å²) in [5.74, 6) is -0.0419. The molecule has 1 heterocycles. The van der Waals surface area contributed by atoms with Gasteiger partial charge >= 0.3 is 6.03 Å². The van der Waals surface area contributed by atoms with Crippen LogP contribution in [0.15, 0.2) is 108 Å². The van der Waals surface area contributed by atoms with Gasteiger partial charge in [0.15, 0.2) is 0 Å². The molecule has 202 valence electrons. The van der Waals surface area contributed by atoms with Crippen molar-refractivity contribution < 1.29 is 15.0 Å². The van der Waals surface area contributed by atoms with Crippen molar-refractivity contribution in [2.45, 2.75) is 12.5 Å². The summed E-state index contributed by atoms with van der Waals surface area (Å²) in [4.78, 5) is 26.8. The van der Waals surface area contributed by atoms with Crippen LogP contribution in [0, 0.1) is 0 Å². The summed E-state index contributed by atoms with van der Waals surface area (Å²) in [5, 5.41) is 30.4. The minimum absolute atomic E-state index is 0.0419. The zero-order valence-electron chi connectivity index (χ0n) is 21.7. The molecule has 5 aromatic rings. The maximum Gasteiger partial charge on any atom is 0.323 e. The van der Waals surface area contributed by atoms with E-state index in [0.29, 0.717) is 47.4 Å². The molecule has 0 aliphatic rings. The Balaban J connectivity index is 1.11. The highest BCUT2D eigenvalue weighted by molar-refractivity contribution is 5.99. The maximum absolute atomic E-state index is 12.6. The van der Waals surface area contributed by atoms with Gasteiger partial charge in [0.2, 0.25) is 5.56 Å². The fraction of sp³-hybridized carbons (Fsp3) is 0.125. The SMILES string of the molecule is O=C(Nc1ccc(-c2ccccc2)cc1)Nc1cccc(CCNC[C@@H](O)c2ccc(O)c3[nH]c(=O)ccc23)c1. The fourth-order valence-corrected chi connectivity index (χ4v) is 4.61. The molecule has 0 saturated carbocycles. The Bertz CT molecular complexity index is 1670. The number of hydrogen-bond acceptors (Lipinski definition) is 5. The highest BCUT2D eigenvalue weighted by Gasteiger charge is 2.14. The first-order valence-corrected chi connectivity index (χ1v) is 13.0. The van der Waals surface area contributed by atoms with E-state index in [1.54, 1.807) is 12.1 Å². The zero-order valence-corrected chi connectivity index (χ0v) is 21.7. The number of pyridine rings is 1. The van der Waals surface area contributed by atoms with Gasteiger partial charge in [-0.3, -0.25) is 4.79 Å². The molecule has 0 spiro atoms. The largest absolute Gasteiger partial charge is 0.506 e. The molecular formula is C32H30N4O4. The number of benzene rings is 4. The Hall–Kier alpha value is -4.92. The number of aromatic amines is 1. The number of anilines is 2. The van der Waals surface area contributed by atoms with Gasteiger partial charge in [-0.2, -0.15) is 0 Å². The average Bonchev–Trinajstić information content (AvgIpc) is 2.97. The third kappa shape index (κ3) is 6.55. The van der Waals surface area contributed by atoms with Crippen LogP contribution in [0.2, 0.25) is 0 Å². The van der Waals surface area contributed by atoms with Crippen molar-refractivity contribution in [1.29, 1.82) is 0 Å². The van der Waals surface area contributed by atoms with Gasteiger partial charge in [-0.1, -0.05) is 60.7 Å². The number of aromatic nitrogens is 1. The molecule has 0 aliphatic heterocycles. The number of carbonyl (C=O) groups is 1. The number of hydrogen-bond donors (Lipinski definition) is 6. The van der Waals surface area contributed by atoms with E-state index < -0.39 is 6.10 Å². The number of rotatable bonds is 9. The van der Waals surface area contributed by atoms with Crippen molar-refractivity contribution in [3.63, 3.8) is 0 Å². The number of amides is 2. The molecule has 0 fully saturated rings. The first-order valence-electron chi connectivity index (χ1n) is 13.0. The molecule has 2 amide bonds. The van der Waals surface area contributed by atoms with Crippen molar-refractivity contribution in [1.82, 2.24) is 10.3 Å². The van der Waals surface area contributed by atoms with E-state index >= 15 is 0 Å². The van der Waals surface area contributed by atoms with E-state index in [2.05, 4.69) is 20.9 Å². The molecule has 0 aliphatic carbocycles. The number of aliphatic hydroxyl groups excluding tert-OH is 1. The van der Waals surface area contributed by atoms with Gasteiger partial charge in [0.1, 0.15) is 5.75 Å². The van der Waals surface area contributed by atoms with Gasteiger partial charge in [-0.25, -0.2) is 4.79 Å². The first-order chi connectivity index (χ1) is 19.5. The fourth-order valence-electron chi connectivity index (χ4n) is 4.61. The summed E-state index contributed by atoms with van der Waals surface area (Å²) < 4.78 is 0. The highest BCUT2D eigenvalue weighted by atomic mass is 16.3. The Morgan fingerprint density at radius 2 is 1.55 bits per heavy atom. The normalized spacial score (nSPS) is 11.7. The number of phenolic OH excluding ortho intramolecular Hbond substituents is 1. The third-order valence-electron chi connectivity index (χ3n) is 6.63. The zero-order chi connectivity index (χ0) is 27.9. The van der Waals surface area contributed by atoms with Crippen LogP contribution in [-0.4, -0.2) is 34.3 Å². The number of H-pyrrole nitrogens is 1. The van der Waals surface area contributed by atoms with Crippen LogP contribution in [0.1, 0.15) is 17.2 Å². The van der Waals surface area contributed by atoms with E-state index in [4.69, 9.17) is 0 Å². The molecule has 0 saturated heterocycles. The van der Waals surface area contributed by atoms with Crippen LogP contribution in [0.25, 0.3) is 22.0 Å². The van der Waals surface area contributed by atoms with Gasteiger partial charge in [0.05, 0.1) is 11.6 Å². The molecule has 40 heavy (non-hydrogen) atoms. The molecule has 1 atom stereocenters.